The minimum absolute atomic E-state index is 0.129. The third kappa shape index (κ3) is 5.67. The van der Waals surface area contributed by atoms with E-state index in [0.29, 0.717) is 31.2 Å². The fraction of sp³-hybridized carbons (Fsp3) is 0.407. The minimum Gasteiger partial charge on any atom is -0.353 e. The number of nitrogens with one attached hydrogen (secondary N) is 1. The van der Waals surface area contributed by atoms with Gasteiger partial charge in [0.05, 0.1) is 5.01 Å². The van der Waals surface area contributed by atoms with Crippen molar-refractivity contribution in [1.82, 2.24) is 25.1 Å². The van der Waals surface area contributed by atoms with Gasteiger partial charge >= 0.3 is 6.03 Å². The molecule has 0 bridgehead atoms. The highest BCUT2D eigenvalue weighted by Crippen LogP contribution is 2.31. The molecule has 3 aromatic rings. The van der Waals surface area contributed by atoms with E-state index in [0.717, 1.165) is 55.4 Å². The molecule has 0 atom stereocenters. The second-order valence-electron chi connectivity index (χ2n) is 9.45. The average Bonchev–Trinajstić information content (AvgIpc) is 3.43. The summed E-state index contributed by atoms with van der Waals surface area (Å²) in [6, 6.07) is 14.2. The molecule has 2 aromatic heterocycles. The summed E-state index contributed by atoms with van der Waals surface area (Å²) in [5, 5.41) is 5.81. The molecule has 1 aromatic carbocycles. The second kappa shape index (κ2) is 11.1. The Morgan fingerprint density at radius 3 is 2.50 bits per heavy atom. The summed E-state index contributed by atoms with van der Waals surface area (Å²) in [6.07, 6.45) is 3.55. The molecular weight excluding hydrogens is 472 g/mol. The lowest BCUT2D eigenvalue weighted by Gasteiger charge is -2.39. The van der Waals surface area contributed by atoms with Crippen molar-refractivity contribution in [3.8, 4) is 0 Å². The number of piperazine rings is 1. The van der Waals surface area contributed by atoms with Crippen molar-refractivity contribution < 1.29 is 9.59 Å². The van der Waals surface area contributed by atoms with Crippen LogP contribution < -0.4 is 10.2 Å². The van der Waals surface area contributed by atoms with Crippen LogP contribution in [0.15, 0.2) is 54.0 Å². The lowest BCUT2D eigenvalue weighted by molar-refractivity contribution is 0.0946. The molecular formula is C27H32N6O2S. The van der Waals surface area contributed by atoms with Gasteiger partial charge in [0.1, 0.15) is 11.5 Å². The van der Waals surface area contributed by atoms with Gasteiger partial charge in [-0.3, -0.25) is 4.79 Å². The molecule has 0 radical (unpaired) electrons. The maximum atomic E-state index is 13.1. The molecule has 8 nitrogen and oxygen atoms in total. The van der Waals surface area contributed by atoms with Gasteiger partial charge in [0.15, 0.2) is 0 Å². The quantitative estimate of drug-likeness (QED) is 0.570. The largest absolute Gasteiger partial charge is 0.353 e. The van der Waals surface area contributed by atoms with Crippen LogP contribution in [0.3, 0.4) is 0 Å². The Labute approximate surface area is 216 Å². The zero-order valence-corrected chi connectivity index (χ0v) is 21.4. The Hall–Kier alpha value is -3.46. The van der Waals surface area contributed by atoms with Crippen molar-refractivity contribution in [3.63, 3.8) is 0 Å². The van der Waals surface area contributed by atoms with Crippen LogP contribution in [0.5, 0.6) is 0 Å². The summed E-state index contributed by atoms with van der Waals surface area (Å²) >= 11 is 1.55. The van der Waals surface area contributed by atoms with E-state index in [1.165, 1.54) is 5.56 Å². The molecule has 9 heteroatoms. The Balaban J connectivity index is 1.08. The standard InChI is InChI=1S/C27H32N6O2S/c1-20-5-4-6-21(17-20)18-29-25(34)23-19-36-26(30-23)22-8-11-32(12-9-22)27(35)33-15-13-31(14-16-33)24-7-2-3-10-28-24/h2-7,10,17,19,22H,8-9,11-16,18H2,1H3,(H,29,34). The van der Waals surface area contributed by atoms with Gasteiger partial charge in [-0.05, 0) is 37.5 Å². The molecule has 0 saturated carbocycles. The summed E-state index contributed by atoms with van der Waals surface area (Å²) in [5.41, 5.74) is 2.73. The summed E-state index contributed by atoms with van der Waals surface area (Å²) in [4.78, 5) is 40.9. The lowest BCUT2D eigenvalue weighted by Crippen LogP contribution is -2.54. The van der Waals surface area contributed by atoms with E-state index in [1.807, 2.05) is 58.5 Å². The minimum atomic E-state index is -0.142. The van der Waals surface area contributed by atoms with E-state index in [4.69, 9.17) is 0 Å². The third-order valence-corrected chi connectivity index (χ3v) is 7.94. The molecule has 36 heavy (non-hydrogen) atoms. The van der Waals surface area contributed by atoms with Gasteiger partial charge in [0, 0.05) is 63.3 Å². The summed E-state index contributed by atoms with van der Waals surface area (Å²) in [6.45, 7) is 6.99. The normalized spacial score (nSPS) is 16.8. The number of carbonyl (C=O) groups is 2. The monoisotopic (exact) mass is 504 g/mol. The molecule has 0 spiro atoms. The van der Waals surface area contributed by atoms with Crippen LogP contribution in [0.25, 0.3) is 0 Å². The first-order valence-corrected chi connectivity index (χ1v) is 13.4. The van der Waals surface area contributed by atoms with E-state index in [-0.39, 0.29) is 11.9 Å². The van der Waals surface area contributed by atoms with Gasteiger partial charge in [-0.15, -0.1) is 11.3 Å². The number of aryl methyl sites for hydroxylation is 1. The number of aromatic nitrogens is 2. The van der Waals surface area contributed by atoms with Crippen molar-refractivity contribution in [2.24, 2.45) is 0 Å². The number of rotatable bonds is 5. The van der Waals surface area contributed by atoms with Crippen LogP contribution >= 0.6 is 11.3 Å². The first kappa shape index (κ1) is 24.2. The van der Waals surface area contributed by atoms with Crippen LogP contribution in [0.1, 0.15) is 45.4 Å². The van der Waals surface area contributed by atoms with E-state index in [2.05, 4.69) is 26.3 Å². The third-order valence-electron chi connectivity index (χ3n) is 6.93. The van der Waals surface area contributed by atoms with Gasteiger partial charge in [-0.25, -0.2) is 14.8 Å². The number of anilines is 1. The van der Waals surface area contributed by atoms with Crippen molar-refractivity contribution in [1.29, 1.82) is 0 Å². The van der Waals surface area contributed by atoms with Crippen molar-refractivity contribution in [2.45, 2.75) is 32.2 Å². The zero-order chi connectivity index (χ0) is 24.9. The highest BCUT2D eigenvalue weighted by Gasteiger charge is 2.30. The summed E-state index contributed by atoms with van der Waals surface area (Å²) in [7, 11) is 0. The summed E-state index contributed by atoms with van der Waals surface area (Å²) in [5.74, 6) is 1.12. The molecule has 188 valence electrons. The number of thiazole rings is 1. The number of piperidine rings is 1. The first-order chi connectivity index (χ1) is 17.6. The van der Waals surface area contributed by atoms with Gasteiger partial charge in [-0.1, -0.05) is 35.9 Å². The molecule has 4 heterocycles. The smallest absolute Gasteiger partial charge is 0.320 e. The summed E-state index contributed by atoms with van der Waals surface area (Å²) < 4.78 is 0. The number of pyridine rings is 1. The Bertz CT molecular complexity index is 1180. The number of likely N-dealkylation sites (tertiary alicyclic amines) is 1. The average molecular weight is 505 g/mol. The van der Waals surface area contributed by atoms with Crippen molar-refractivity contribution in [3.05, 3.63) is 75.9 Å². The number of benzene rings is 1. The maximum Gasteiger partial charge on any atom is 0.320 e. The number of urea groups is 1. The molecule has 2 fully saturated rings. The number of carbonyl (C=O) groups excluding carboxylic acids is 2. The number of hydrogen-bond donors (Lipinski definition) is 1. The molecule has 0 aliphatic carbocycles. The first-order valence-electron chi connectivity index (χ1n) is 12.6. The highest BCUT2D eigenvalue weighted by molar-refractivity contribution is 7.09. The Morgan fingerprint density at radius 1 is 1.00 bits per heavy atom. The molecule has 3 amide bonds. The fourth-order valence-corrected chi connectivity index (χ4v) is 5.83. The maximum absolute atomic E-state index is 13.1. The fourth-order valence-electron chi connectivity index (χ4n) is 4.86. The number of amides is 3. The Morgan fingerprint density at radius 2 is 1.78 bits per heavy atom. The molecule has 5 rings (SSSR count). The molecule has 1 N–H and O–H groups in total. The van der Waals surface area contributed by atoms with Gasteiger partial charge in [0.2, 0.25) is 0 Å². The molecule has 2 aliphatic rings. The van der Waals surface area contributed by atoms with Crippen LogP contribution in [-0.2, 0) is 6.54 Å². The Kier molecular flexibility index (Phi) is 7.46. The van der Waals surface area contributed by atoms with Crippen molar-refractivity contribution >= 4 is 29.1 Å². The van der Waals surface area contributed by atoms with E-state index < -0.39 is 0 Å². The number of nitrogens with zero attached hydrogens (tertiary/aromatic N) is 5. The predicted octanol–water partition coefficient (Wildman–Crippen LogP) is 3.90. The van der Waals surface area contributed by atoms with Crippen LogP contribution in [-0.4, -0.2) is 71.0 Å². The molecule has 2 saturated heterocycles. The van der Waals surface area contributed by atoms with Gasteiger partial charge in [-0.2, -0.15) is 0 Å². The van der Waals surface area contributed by atoms with Gasteiger partial charge in [0.25, 0.3) is 5.91 Å². The molecule has 2 aliphatic heterocycles. The van der Waals surface area contributed by atoms with Crippen LogP contribution in [0.2, 0.25) is 0 Å². The van der Waals surface area contributed by atoms with Crippen molar-refractivity contribution in [2.75, 3.05) is 44.2 Å². The van der Waals surface area contributed by atoms with Crippen LogP contribution in [0, 0.1) is 6.92 Å². The van der Waals surface area contributed by atoms with Crippen LogP contribution in [0.4, 0.5) is 10.6 Å². The lowest BCUT2D eigenvalue weighted by atomic mass is 9.98. The van der Waals surface area contributed by atoms with Gasteiger partial charge < -0.3 is 20.0 Å². The molecule has 0 unspecified atom stereocenters. The second-order valence-corrected chi connectivity index (χ2v) is 10.3. The predicted molar refractivity (Wildman–Crippen MR) is 141 cm³/mol. The SMILES string of the molecule is Cc1cccc(CNC(=O)c2csc(C3CCN(C(=O)N4CCN(c5ccccn5)CC4)CC3)n2)c1. The number of hydrogen-bond acceptors (Lipinski definition) is 6. The highest BCUT2D eigenvalue weighted by atomic mass is 32.1. The van der Waals surface area contributed by atoms with E-state index >= 15 is 0 Å². The van der Waals surface area contributed by atoms with E-state index in [9.17, 15) is 9.59 Å². The van der Waals surface area contributed by atoms with E-state index in [1.54, 1.807) is 17.5 Å². The topological polar surface area (TPSA) is 81.7 Å². The zero-order valence-electron chi connectivity index (χ0n) is 20.6.